The van der Waals surface area contributed by atoms with Gasteiger partial charge in [-0.25, -0.2) is 13.8 Å². The topological polar surface area (TPSA) is 80.5 Å². The Labute approximate surface area is 215 Å². The summed E-state index contributed by atoms with van der Waals surface area (Å²) in [7, 11) is 0. The predicted molar refractivity (Wildman–Crippen MR) is 139 cm³/mol. The van der Waals surface area contributed by atoms with Gasteiger partial charge in [-0.1, -0.05) is 30.3 Å². The maximum atomic E-state index is 14.4. The van der Waals surface area contributed by atoms with E-state index >= 15 is 0 Å². The van der Waals surface area contributed by atoms with Crippen LogP contribution in [0.25, 0.3) is 11.1 Å². The number of nitrogens with two attached hydrogens (primary N) is 1. The first-order valence-corrected chi connectivity index (χ1v) is 12.7. The molecule has 5 rings (SSSR count). The Bertz CT molecular complexity index is 1270. The Kier molecular flexibility index (Phi) is 6.86. The number of carbonyl (C=O) groups excluding carboxylic acids is 1. The van der Waals surface area contributed by atoms with Gasteiger partial charge in [-0.15, -0.1) is 0 Å². The molecule has 0 spiro atoms. The average Bonchev–Trinajstić information content (AvgIpc) is 3.65. The Morgan fingerprint density at radius 2 is 1.92 bits per heavy atom. The van der Waals surface area contributed by atoms with Crippen molar-refractivity contribution in [2.24, 2.45) is 11.7 Å². The third-order valence-electron chi connectivity index (χ3n) is 7.14. The first-order valence-electron chi connectivity index (χ1n) is 12.7. The summed E-state index contributed by atoms with van der Waals surface area (Å²) in [4.78, 5) is 20.0. The van der Waals surface area contributed by atoms with Crippen LogP contribution in [0.15, 0.2) is 54.7 Å². The average molecular weight is 507 g/mol. The van der Waals surface area contributed by atoms with Crippen molar-refractivity contribution >= 4 is 11.6 Å². The van der Waals surface area contributed by atoms with Gasteiger partial charge in [-0.3, -0.25) is 4.79 Å². The first-order chi connectivity index (χ1) is 17.7. The molecule has 2 atom stereocenters. The highest BCUT2D eigenvalue weighted by Gasteiger charge is 2.36. The molecule has 2 aromatic carbocycles. The minimum absolute atomic E-state index is 0.0165. The zero-order chi connectivity index (χ0) is 26.2. The van der Waals surface area contributed by atoms with E-state index in [9.17, 15) is 13.6 Å². The van der Waals surface area contributed by atoms with Crippen molar-refractivity contribution in [2.45, 2.75) is 51.3 Å². The van der Waals surface area contributed by atoms with E-state index in [0.717, 1.165) is 24.5 Å². The molecular weight excluding hydrogens is 474 g/mol. The number of pyridine rings is 1. The van der Waals surface area contributed by atoms with Gasteiger partial charge in [-0.2, -0.15) is 0 Å². The van der Waals surface area contributed by atoms with Crippen molar-refractivity contribution in [3.63, 3.8) is 0 Å². The van der Waals surface area contributed by atoms with Gasteiger partial charge in [0, 0.05) is 36.9 Å². The molecule has 37 heavy (non-hydrogen) atoms. The van der Waals surface area contributed by atoms with E-state index in [1.165, 1.54) is 18.3 Å². The maximum Gasteiger partial charge on any atom is 0.255 e. The number of carbonyl (C=O) groups is 1. The van der Waals surface area contributed by atoms with Crippen molar-refractivity contribution in [2.75, 3.05) is 18.0 Å². The SMILES string of the molecule is CC(NC(=O)c1cnc(OCc2ccccc2)c(-c2cc(F)cc(F)c2)c1N1CC[C@](C)(N)C1)C1CC1. The monoisotopic (exact) mass is 506 g/mol. The van der Waals surface area contributed by atoms with Crippen LogP contribution in [0.1, 0.15) is 49.0 Å². The van der Waals surface area contributed by atoms with Gasteiger partial charge in [0.2, 0.25) is 5.88 Å². The van der Waals surface area contributed by atoms with Gasteiger partial charge in [0.05, 0.1) is 16.8 Å². The van der Waals surface area contributed by atoms with Crippen LogP contribution >= 0.6 is 0 Å². The number of hydrogen-bond donors (Lipinski definition) is 2. The number of anilines is 1. The van der Waals surface area contributed by atoms with Crippen molar-refractivity contribution < 1.29 is 18.3 Å². The summed E-state index contributed by atoms with van der Waals surface area (Å²) >= 11 is 0. The molecule has 0 radical (unpaired) electrons. The highest BCUT2D eigenvalue weighted by Crippen LogP contribution is 2.43. The van der Waals surface area contributed by atoms with E-state index in [1.54, 1.807) is 0 Å². The number of halogens is 2. The van der Waals surface area contributed by atoms with Gasteiger partial charge >= 0.3 is 0 Å². The van der Waals surface area contributed by atoms with E-state index in [2.05, 4.69) is 10.3 Å². The standard InChI is InChI=1S/C29H32F2N4O2/c1-18(20-8-9-20)34-27(36)24-15-33-28(37-16-19-6-4-3-5-7-19)25(21-12-22(30)14-23(31)13-21)26(24)35-11-10-29(2,32)17-35/h3-7,12-15,18,20H,8-11,16-17,32H2,1-2H3,(H,34,36)/t18?,29-/m0/s1. The molecule has 1 aliphatic heterocycles. The minimum atomic E-state index is -0.725. The fraction of sp³-hybridized carbons (Fsp3) is 0.379. The molecule has 6 nitrogen and oxygen atoms in total. The molecule has 2 heterocycles. The van der Waals surface area contributed by atoms with Crippen LogP contribution < -0.4 is 20.7 Å². The molecule has 2 fully saturated rings. The molecule has 8 heteroatoms. The van der Waals surface area contributed by atoms with Crippen LogP contribution in [-0.2, 0) is 6.61 Å². The number of nitrogens with zero attached hydrogens (tertiary/aromatic N) is 2. The van der Waals surface area contributed by atoms with E-state index < -0.39 is 17.2 Å². The van der Waals surface area contributed by atoms with Gasteiger partial charge < -0.3 is 20.7 Å². The summed E-state index contributed by atoms with van der Waals surface area (Å²) in [5.74, 6) is -1.07. The van der Waals surface area contributed by atoms with Crippen LogP contribution in [0.3, 0.4) is 0 Å². The number of hydrogen-bond acceptors (Lipinski definition) is 5. The zero-order valence-corrected chi connectivity index (χ0v) is 21.1. The lowest BCUT2D eigenvalue weighted by Gasteiger charge is -2.28. The molecule has 3 N–H and O–H groups in total. The van der Waals surface area contributed by atoms with E-state index in [-0.39, 0.29) is 30.0 Å². The second-order valence-electron chi connectivity index (χ2n) is 10.6. The van der Waals surface area contributed by atoms with Gasteiger partial charge in [0.1, 0.15) is 18.2 Å². The molecule has 0 bridgehead atoms. The Balaban J connectivity index is 1.64. The molecule has 1 amide bonds. The second-order valence-corrected chi connectivity index (χ2v) is 10.6. The molecule has 3 aromatic rings. The number of nitrogens with one attached hydrogen (secondary N) is 1. The Hall–Kier alpha value is -3.52. The van der Waals surface area contributed by atoms with Crippen LogP contribution in [-0.4, -0.2) is 35.6 Å². The lowest BCUT2D eigenvalue weighted by atomic mass is 9.99. The molecule has 1 aromatic heterocycles. The molecule has 1 unspecified atom stereocenters. The van der Waals surface area contributed by atoms with Gasteiger partial charge in [-0.05, 0) is 62.3 Å². The third-order valence-corrected chi connectivity index (χ3v) is 7.14. The zero-order valence-electron chi connectivity index (χ0n) is 21.1. The largest absolute Gasteiger partial charge is 0.472 e. The van der Waals surface area contributed by atoms with Crippen molar-refractivity contribution in [3.8, 4) is 17.0 Å². The normalized spacial score (nSPS) is 20.1. The number of benzene rings is 2. The molecule has 2 aliphatic rings. The van der Waals surface area contributed by atoms with Crippen LogP contribution in [0, 0.1) is 17.6 Å². The van der Waals surface area contributed by atoms with Crippen molar-refractivity contribution in [1.82, 2.24) is 10.3 Å². The molecule has 1 saturated heterocycles. The highest BCUT2D eigenvalue weighted by atomic mass is 19.1. The fourth-order valence-electron chi connectivity index (χ4n) is 4.95. The summed E-state index contributed by atoms with van der Waals surface area (Å²) in [5, 5.41) is 3.10. The first kappa shape index (κ1) is 25.1. The Morgan fingerprint density at radius 1 is 1.22 bits per heavy atom. The summed E-state index contributed by atoms with van der Waals surface area (Å²) in [6.45, 7) is 5.21. The van der Waals surface area contributed by atoms with Crippen LogP contribution in [0.4, 0.5) is 14.5 Å². The minimum Gasteiger partial charge on any atom is -0.472 e. The van der Waals surface area contributed by atoms with Crippen LogP contribution in [0.5, 0.6) is 5.88 Å². The lowest BCUT2D eigenvalue weighted by molar-refractivity contribution is 0.0936. The quantitative estimate of drug-likeness (QED) is 0.446. The molecular formula is C29H32F2N4O2. The molecule has 194 valence electrons. The fourth-order valence-corrected chi connectivity index (χ4v) is 4.95. The molecule has 1 saturated carbocycles. The van der Waals surface area contributed by atoms with E-state index in [1.807, 2.05) is 49.1 Å². The second kappa shape index (κ2) is 10.1. The predicted octanol–water partition coefficient (Wildman–Crippen LogP) is 5.06. The number of amides is 1. The highest BCUT2D eigenvalue weighted by molar-refractivity contribution is 6.04. The Morgan fingerprint density at radius 3 is 2.54 bits per heavy atom. The van der Waals surface area contributed by atoms with Crippen molar-refractivity contribution in [3.05, 3.63) is 77.5 Å². The maximum absolute atomic E-state index is 14.4. The summed E-state index contributed by atoms with van der Waals surface area (Å²) < 4.78 is 35.0. The molecule has 1 aliphatic carbocycles. The summed E-state index contributed by atoms with van der Waals surface area (Å²) in [6.07, 6.45) is 4.37. The van der Waals surface area contributed by atoms with Crippen LogP contribution in [0.2, 0.25) is 0 Å². The number of rotatable bonds is 8. The van der Waals surface area contributed by atoms with Gasteiger partial charge in [0.15, 0.2) is 0 Å². The number of aromatic nitrogens is 1. The van der Waals surface area contributed by atoms with E-state index in [4.69, 9.17) is 10.5 Å². The third kappa shape index (κ3) is 5.74. The van der Waals surface area contributed by atoms with Crippen molar-refractivity contribution in [1.29, 1.82) is 0 Å². The summed E-state index contributed by atoms with van der Waals surface area (Å²) in [6, 6.07) is 12.9. The lowest BCUT2D eigenvalue weighted by Crippen LogP contribution is -2.40. The smallest absolute Gasteiger partial charge is 0.255 e. The number of ether oxygens (including phenoxy) is 1. The summed E-state index contributed by atoms with van der Waals surface area (Å²) in [5.41, 5.74) is 8.38. The van der Waals surface area contributed by atoms with Gasteiger partial charge in [0.25, 0.3) is 5.91 Å². The van der Waals surface area contributed by atoms with E-state index in [0.29, 0.717) is 42.2 Å².